The number of rotatable bonds is 2. The Labute approximate surface area is 125 Å². The molecular formula is C18H21FN2. The smallest absolute Gasteiger partial charge is 0.126 e. The Morgan fingerprint density at radius 3 is 2.90 bits per heavy atom. The highest BCUT2D eigenvalue weighted by Crippen LogP contribution is 2.41. The van der Waals surface area contributed by atoms with Crippen LogP contribution in [-0.2, 0) is 12.0 Å². The zero-order chi connectivity index (χ0) is 15.0. The van der Waals surface area contributed by atoms with Crippen molar-refractivity contribution in [3.05, 3.63) is 64.7 Å². The van der Waals surface area contributed by atoms with Gasteiger partial charge in [0.2, 0.25) is 0 Å². The zero-order valence-corrected chi connectivity index (χ0v) is 12.6. The van der Waals surface area contributed by atoms with Crippen LogP contribution in [0.3, 0.4) is 0 Å². The second-order valence-corrected chi connectivity index (χ2v) is 6.24. The van der Waals surface area contributed by atoms with Gasteiger partial charge in [-0.2, -0.15) is 0 Å². The van der Waals surface area contributed by atoms with Gasteiger partial charge in [0.05, 0.1) is 0 Å². The molecule has 1 aromatic heterocycles. The van der Waals surface area contributed by atoms with E-state index < -0.39 is 5.54 Å². The van der Waals surface area contributed by atoms with Crippen molar-refractivity contribution in [3.63, 3.8) is 0 Å². The molecule has 0 spiro atoms. The SMILES string of the molecule is Cc1ccc(C(C)(N)C2CCCc3cccnc32)cc1F. The molecule has 3 heteroatoms. The molecule has 2 aromatic rings. The first kappa shape index (κ1) is 14.2. The molecular weight excluding hydrogens is 263 g/mol. The van der Waals surface area contributed by atoms with Crippen LogP contribution in [0.4, 0.5) is 4.39 Å². The summed E-state index contributed by atoms with van der Waals surface area (Å²) in [5, 5.41) is 0. The van der Waals surface area contributed by atoms with Crippen LogP contribution < -0.4 is 5.73 Å². The molecule has 2 unspecified atom stereocenters. The highest BCUT2D eigenvalue weighted by molar-refractivity contribution is 5.36. The standard InChI is InChI=1S/C18H21FN2/c1-12-8-9-14(11-16(12)19)18(2,20)15-7-3-5-13-6-4-10-21-17(13)15/h4,6,8-11,15H,3,5,7,20H2,1-2H3. The number of halogens is 1. The number of nitrogens with zero attached hydrogens (tertiary/aromatic N) is 1. The number of pyridine rings is 1. The van der Waals surface area contributed by atoms with Gasteiger partial charge in [-0.05, 0) is 61.9 Å². The van der Waals surface area contributed by atoms with Crippen molar-refractivity contribution < 1.29 is 4.39 Å². The van der Waals surface area contributed by atoms with Crippen LogP contribution in [0.2, 0.25) is 0 Å². The maximum atomic E-state index is 13.9. The van der Waals surface area contributed by atoms with Crippen LogP contribution in [0.5, 0.6) is 0 Å². The number of aryl methyl sites for hydroxylation is 2. The minimum Gasteiger partial charge on any atom is -0.321 e. The summed E-state index contributed by atoms with van der Waals surface area (Å²) in [5.41, 5.74) is 9.87. The van der Waals surface area contributed by atoms with E-state index in [2.05, 4.69) is 11.1 Å². The lowest BCUT2D eigenvalue weighted by Crippen LogP contribution is -2.41. The fourth-order valence-electron chi connectivity index (χ4n) is 3.32. The third-order valence-electron chi connectivity index (χ3n) is 4.71. The molecule has 0 saturated carbocycles. The summed E-state index contributed by atoms with van der Waals surface area (Å²) < 4.78 is 13.9. The molecule has 0 amide bonds. The predicted molar refractivity (Wildman–Crippen MR) is 82.6 cm³/mol. The van der Waals surface area contributed by atoms with Crippen LogP contribution >= 0.6 is 0 Å². The minimum atomic E-state index is -0.613. The van der Waals surface area contributed by atoms with Crippen molar-refractivity contribution in [2.24, 2.45) is 5.73 Å². The fourth-order valence-corrected chi connectivity index (χ4v) is 3.32. The molecule has 0 aliphatic heterocycles. The van der Waals surface area contributed by atoms with Gasteiger partial charge in [-0.25, -0.2) is 4.39 Å². The highest BCUT2D eigenvalue weighted by atomic mass is 19.1. The van der Waals surface area contributed by atoms with E-state index >= 15 is 0 Å². The molecule has 1 heterocycles. The summed E-state index contributed by atoms with van der Waals surface area (Å²) in [4.78, 5) is 4.56. The Balaban J connectivity index is 2.04. The molecule has 110 valence electrons. The van der Waals surface area contributed by atoms with E-state index in [4.69, 9.17) is 5.73 Å². The Bertz CT molecular complexity index is 664. The first-order valence-electron chi connectivity index (χ1n) is 7.49. The first-order valence-corrected chi connectivity index (χ1v) is 7.49. The van der Waals surface area contributed by atoms with E-state index in [0.717, 1.165) is 30.5 Å². The summed E-state index contributed by atoms with van der Waals surface area (Å²) in [6.07, 6.45) is 4.97. The van der Waals surface area contributed by atoms with Gasteiger partial charge < -0.3 is 5.73 Å². The van der Waals surface area contributed by atoms with Crippen LogP contribution in [0.15, 0.2) is 36.5 Å². The molecule has 1 aliphatic carbocycles. The number of fused-ring (bicyclic) bond motifs is 1. The lowest BCUT2D eigenvalue weighted by atomic mass is 9.72. The topological polar surface area (TPSA) is 38.9 Å². The molecule has 0 radical (unpaired) electrons. The van der Waals surface area contributed by atoms with Gasteiger partial charge in [0.1, 0.15) is 5.82 Å². The Kier molecular flexibility index (Phi) is 3.54. The van der Waals surface area contributed by atoms with E-state index in [9.17, 15) is 4.39 Å². The lowest BCUT2D eigenvalue weighted by Gasteiger charge is -2.38. The zero-order valence-electron chi connectivity index (χ0n) is 12.6. The van der Waals surface area contributed by atoms with Crippen LogP contribution in [0.1, 0.15) is 48.1 Å². The molecule has 21 heavy (non-hydrogen) atoms. The lowest BCUT2D eigenvalue weighted by molar-refractivity contribution is 0.340. The van der Waals surface area contributed by atoms with Crippen molar-refractivity contribution in [1.29, 1.82) is 0 Å². The van der Waals surface area contributed by atoms with E-state index in [-0.39, 0.29) is 11.7 Å². The summed E-state index contributed by atoms with van der Waals surface area (Å²) in [5.74, 6) is -0.0641. The fraction of sp³-hybridized carbons (Fsp3) is 0.389. The van der Waals surface area contributed by atoms with Crippen molar-refractivity contribution in [2.75, 3.05) is 0 Å². The first-order chi connectivity index (χ1) is 10.00. The maximum Gasteiger partial charge on any atom is 0.126 e. The van der Waals surface area contributed by atoms with E-state index in [1.54, 1.807) is 19.1 Å². The van der Waals surface area contributed by atoms with Gasteiger partial charge in [-0.3, -0.25) is 4.98 Å². The van der Waals surface area contributed by atoms with Gasteiger partial charge in [-0.15, -0.1) is 0 Å². The molecule has 3 rings (SSSR count). The maximum absolute atomic E-state index is 13.9. The number of hydrogen-bond acceptors (Lipinski definition) is 2. The monoisotopic (exact) mass is 284 g/mol. The largest absolute Gasteiger partial charge is 0.321 e. The summed E-state index contributed by atoms with van der Waals surface area (Å²) >= 11 is 0. The van der Waals surface area contributed by atoms with Gasteiger partial charge in [0.15, 0.2) is 0 Å². The van der Waals surface area contributed by atoms with Crippen molar-refractivity contribution >= 4 is 0 Å². The summed E-state index contributed by atoms with van der Waals surface area (Å²) in [6, 6.07) is 9.42. The second-order valence-electron chi connectivity index (χ2n) is 6.24. The molecule has 0 saturated heterocycles. The van der Waals surface area contributed by atoms with Crippen LogP contribution in [-0.4, -0.2) is 4.98 Å². The Morgan fingerprint density at radius 2 is 2.14 bits per heavy atom. The number of benzene rings is 1. The number of aromatic nitrogens is 1. The molecule has 0 bridgehead atoms. The number of hydrogen-bond donors (Lipinski definition) is 1. The van der Waals surface area contributed by atoms with Crippen LogP contribution in [0, 0.1) is 12.7 Å². The Morgan fingerprint density at radius 1 is 1.33 bits per heavy atom. The summed E-state index contributed by atoms with van der Waals surface area (Å²) in [6.45, 7) is 3.76. The third-order valence-corrected chi connectivity index (χ3v) is 4.71. The van der Waals surface area contributed by atoms with E-state index in [1.807, 2.05) is 25.3 Å². The molecule has 1 aromatic carbocycles. The van der Waals surface area contributed by atoms with Crippen molar-refractivity contribution in [2.45, 2.75) is 44.6 Å². The van der Waals surface area contributed by atoms with Crippen LogP contribution in [0.25, 0.3) is 0 Å². The van der Waals surface area contributed by atoms with Crippen molar-refractivity contribution in [1.82, 2.24) is 4.98 Å². The van der Waals surface area contributed by atoms with Gasteiger partial charge in [0, 0.05) is 23.3 Å². The molecule has 2 nitrogen and oxygen atoms in total. The number of nitrogens with two attached hydrogens (primary N) is 1. The third kappa shape index (κ3) is 2.46. The van der Waals surface area contributed by atoms with E-state index in [1.165, 1.54) is 5.56 Å². The summed E-state index contributed by atoms with van der Waals surface area (Å²) in [7, 11) is 0. The van der Waals surface area contributed by atoms with Gasteiger partial charge in [0.25, 0.3) is 0 Å². The van der Waals surface area contributed by atoms with Crippen molar-refractivity contribution in [3.8, 4) is 0 Å². The minimum absolute atomic E-state index is 0.129. The molecule has 0 fully saturated rings. The second kappa shape index (κ2) is 5.23. The molecule has 2 atom stereocenters. The van der Waals surface area contributed by atoms with Gasteiger partial charge in [-0.1, -0.05) is 18.2 Å². The Hall–Kier alpha value is -1.74. The molecule has 1 aliphatic rings. The average Bonchev–Trinajstić information content (AvgIpc) is 2.49. The quantitative estimate of drug-likeness (QED) is 0.910. The predicted octanol–water partition coefficient (Wildman–Crippen LogP) is 3.82. The molecule has 2 N–H and O–H groups in total. The average molecular weight is 284 g/mol. The van der Waals surface area contributed by atoms with Gasteiger partial charge >= 0.3 is 0 Å². The van der Waals surface area contributed by atoms with E-state index in [0.29, 0.717) is 5.56 Å². The normalized spacial score (nSPS) is 20.7. The highest BCUT2D eigenvalue weighted by Gasteiger charge is 2.37.